The van der Waals surface area contributed by atoms with E-state index >= 15 is 0 Å². The highest BCUT2D eigenvalue weighted by Gasteiger charge is 2.26. The van der Waals surface area contributed by atoms with Crippen molar-refractivity contribution < 1.29 is 19.0 Å². The van der Waals surface area contributed by atoms with Gasteiger partial charge in [-0.15, -0.1) is 0 Å². The van der Waals surface area contributed by atoms with Crippen LogP contribution in [0, 0.1) is 11.8 Å². The first-order valence-electron chi connectivity index (χ1n) is 12.4. The molecule has 0 aromatic rings. The van der Waals surface area contributed by atoms with E-state index in [0.29, 0.717) is 0 Å². The Kier molecular flexibility index (Phi) is 13.1. The van der Waals surface area contributed by atoms with Gasteiger partial charge in [0.05, 0.1) is 7.11 Å². The lowest BCUT2D eigenvalue weighted by atomic mass is 9.90. The molecule has 172 valence electrons. The lowest BCUT2D eigenvalue weighted by molar-refractivity contribution is -0.203. The van der Waals surface area contributed by atoms with Crippen LogP contribution in [-0.2, 0) is 19.0 Å². The van der Waals surface area contributed by atoms with Crippen LogP contribution in [0.15, 0.2) is 24.3 Å². The van der Waals surface area contributed by atoms with Crippen LogP contribution in [0.2, 0.25) is 0 Å². The summed E-state index contributed by atoms with van der Waals surface area (Å²) in [6.07, 6.45) is 24.8. The maximum absolute atomic E-state index is 12.1. The van der Waals surface area contributed by atoms with E-state index in [-0.39, 0.29) is 12.3 Å². The lowest BCUT2D eigenvalue weighted by Gasteiger charge is -2.26. The largest absolute Gasteiger partial charge is 0.467 e. The van der Waals surface area contributed by atoms with Crippen LogP contribution in [0.25, 0.3) is 0 Å². The monoisotopic (exact) mass is 420 g/mol. The summed E-state index contributed by atoms with van der Waals surface area (Å²) in [5.41, 5.74) is 0. The normalized spacial score (nSPS) is 25.9. The molecule has 0 N–H and O–H groups in total. The van der Waals surface area contributed by atoms with Crippen LogP contribution in [-0.4, -0.2) is 32.1 Å². The zero-order chi connectivity index (χ0) is 21.4. The Labute approximate surface area is 184 Å². The Morgan fingerprint density at radius 2 is 1.90 bits per heavy atom. The smallest absolute Gasteiger partial charge is 0.335 e. The molecule has 30 heavy (non-hydrogen) atoms. The molecule has 2 aliphatic rings. The molecule has 0 bridgehead atoms. The van der Waals surface area contributed by atoms with Gasteiger partial charge in [-0.2, -0.15) is 0 Å². The minimum atomic E-state index is -0.484. The first-order valence-corrected chi connectivity index (χ1v) is 12.4. The van der Waals surface area contributed by atoms with Crippen LogP contribution < -0.4 is 0 Å². The van der Waals surface area contributed by atoms with Gasteiger partial charge in [-0.25, -0.2) is 4.79 Å². The standard InChI is InChI=1S/C26H44O4/c1-3-4-5-6-7-9-15-22-17-14-18-23(22)16-10-8-11-19-24(26(27)28-2)30-25-20-12-13-21-29-25/h3-4,9,15,22-25H,5-8,10-14,16-21H2,1-2H3/t22-,23-,24?,25?/m0/s1. The van der Waals surface area contributed by atoms with Crippen molar-refractivity contribution in [2.75, 3.05) is 13.7 Å². The van der Waals surface area contributed by atoms with Gasteiger partial charge in [0.15, 0.2) is 12.4 Å². The molecule has 2 unspecified atom stereocenters. The molecule has 1 saturated carbocycles. The molecule has 2 rings (SSSR count). The first-order chi connectivity index (χ1) is 14.7. The maximum Gasteiger partial charge on any atom is 0.335 e. The molecule has 0 radical (unpaired) electrons. The highest BCUT2D eigenvalue weighted by atomic mass is 16.7. The fourth-order valence-electron chi connectivity index (χ4n) is 4.76. The third kappa shape index (κ3) is 9.78. The maximum atomic E-state index is 12.1. The number of rotatable bonds is 14. The van der Waals surface area contributed by atoms with Crippen LogP contribution in [0.4, 0.5) is 0 Å². The third-order valence-corrected chi connectivity index (χ3v) is 6.54. The van der Waals surface area contributed by atoms with Gasteiger partial charge in [0.2, 0.25) is 0 Å². The molecule has 1 aliphatic carbocycles. The van der Waals surface area contributed by atoms with Gasteiger partial charge in [-0.05, 0) is 83.0 Å². The van der Waals surface area contributed by atoms with Crippen LogP contribution in [0.3, 0.4) is 0 Å². The Morgan fingerprint density at radius 3 is 2.67 bits per heavy atom. The molecular formula is C26H44O4. The molecule has 2 fully saturated rings. The molecule has 1 heterocycles. The Hall–Kier alpha value is -1.13. The van der Waals surface area contributed by atoms with Crippen molar-refractivity contribution in [3.05, 3.63) is 24.3 Å². The predicted octanol–water partition coefficient (Wildman–Crippen LogP) is 6.74. The van der Waals surface area contributed by atoms with Crippen molar-refractivity contribution in [3.8, 4) is 0 Å². The van der Waals surface area contributed by atoms with E-state index in [0.717, 1.165) is 57.0 Å². The number of carbonyl (C=O) groups is 1. The summed E-state index contributed by atoms with van der Waals surface area (Å²) in [5, 5.41) is 0. The van der Waals surface area contributed by atoms with Gasteiger partial charge in [0.1, 0.15) is 0 Å². The molecule has 4 atom stereocenters. The molecule has 0 aromatic heterocycles. The highest BCUT2D eigenvalue weighted by Crippen LogP contribution is 2.36. The van der Waals surface area contributed by atoms with Gasteiger partial charge in [0.25, 0.3) is 0 Å². The fourth-order valence-corrected chi connectivity index (χ4v) is 4.76. The van der Waals surface area contributed by atoms with E-state index < -0.39 is 6.10 Å². The van der Waals surface area contributed by atoms with E-state index in [4.69, 9.17) is 14.2 Å². The fraction of sp³-hybridized carbons (Fsp3) is 0.808. The van der Waals surface area contributed by atoms with Crippen molar-refractivity contribution in [2.45, 2.75) is 109 Å². The summed E-state index contributed by atoms with van der Waals surface area (Å²) >= 11 is 0. The Bertz CT molecular complexity index is 507. The number of methoxy groups -OCH3 is 1. The number of esters is 1. The van der Waals surface area contributed by atoms with Crippen molar-refractivity contribution in [1.29, 1.82) is 0 Å². The lowest BCUT2D eigenvalue weighted by Crippen LogP contribution is -2.33. The van der Waals surface area contributed by atoms with Gasteiger partial charge in [-0.3, -0.25) is 0 Å². The molecular weight excluding hydrogens is 376 g/mol. The Balaban J connectivity index is 1.62. The van der Waals surface area contributed by atoms with E-state index in [1.54, 1.807) is 0 Å². The second-order valence-corrected chi connectivity index (χ2v) is 8.86. The molecule has 1 aliphatic heterocycles. The summed E-state index contributed by atoms with van der Waals surface area (Å²) < 4.78 is 16.5. The van der Waals surface area contributed by atoms with E-state index in [9.17, 15) is 4.79 Å². The topological polar surface area (TPSA) is 44.8 Å². The molecule has 4 heteroatoms. The predicted molar refractivity (Wildman–Crippen MR) is 122 cm³/mol. The van der Waals surface area contributed by atoms with Crippen molar-refractivity contribution in [3.63, 3.8) is 0 Å². The van der Waals surface area contributed by atoms with Gasteiger partial charge in [-0.1, -0.05) is 50.0 Å². The van der Waals surface area contributed by atoms with Crippen molar-refractivity contribution in [2.24, 2.45) is 11.8 Å². The molecule has 0 spiro atoms. The second-order valence-electron chi connectivity index (χ2n) is 8.86. The minimum absolute atomic E-state index is 0.244. The molecule has 0 aromatic carbocycles. The number of carbonyl (C=O) groups excluding carboxylic acids is 1. The molecule has 0 amide bonds. The van der Waals surface area contributed by atoms with Crippen LogP contribution >= 0.6 is 0 Å². The third-order valence-electron chi connectivity index (χ3n) is 6.54. The second kappa shape index (κ2) is 15.6. The minimum Gasteiger partial charge on any atom is -0.467 e. The number of allylic oxidation sites excluding steroid dienone is 4. The van der Waals surface area contributed by atoms with Crippen molar-refractivity contribution >= 4 is 5.97 Å². The van der Waals surface area contributed by atoms with E-state index in [1.807, 2.05) is 0 Å². The summed E-state index contributed by atoms with van der Waals surface area (Å²) in [4.78, 5) is 12.1. The summed E-state index contributed by atoms with van der Waals surface area (Å²) in [6, 6.07) is 0. The van der Waals surface area contributed by atoms with Crippen LogP contribution in [0.1, 0.15) is 96.8 Å². The molecule has 4 nitrogen and oxygen atoms in total. The first kappa shape index (κ1) is 25.1. The quantitative estimate of drug-likeness (QED) is 0.177. The average Bonchev–Trinajstić information content (AvgIpc) is 3.22. The van der Waals surface area contributed by atoms with E-state index in [2.05, 4.69) is 31.2 Å². The SMILES string of the molecule is CC=CCCCC=C[C@H]1CCC[C@@H]1CCCCCC(OC1CCCCO1)C(=O)OC. The van der Waals surface area contributed by atoms with Gasteiger partial charge < -0.3 is 14.2 Å². The number of ether oxygens (including phenoxy) is 3. The Morgan fingerprint density at radius 1 is 1.03 bits per heavy atom. The summed E-state index contributed by atoms with van der Waals surface area (Å²) in [5.74, 6) is 1.36. The van der Waals surface area contributed by atoms with Crippen LogP contribution in [0.5, 0.6) is 0 Å². The zero-order valence-corrected chi connectivity index (χ0v) is 19.4. The van der Waals surface area contributed by atoms with Crippen molar-refractivity contribution in [1.82, 2.24) is 0 Å². The zero-order valence-electron chi connectivity index (χ0n) is 19.4. The average molecular weight is 421 g/mol. The van der Waals surface area contributed by atoms with E-state index in [1.165, 1.54) is 58.5 Å². The van der Waals surface area contributed by atoms with Gasteiger partial charge >= 0.3 is 5.97 Å². The number of hydrogen-bond acceptors (Lipinski definition) is 4. The highest BCUT2D eigenvalue weighted by molar-refractivity contribution is 5.74. The summed E-state index contributed by atoms with van der Waals surface area (Å²) in [6.45, 7) is 2.82. The summed E-state index contributed by atoms with van der Waals surface area (Å²) in [7, 11) is 1.44. The van der Waals surface area contributed by atoms with Gasteiger partial charge in [0, 0.05) is 6.61 Å². The molecule has 1 saturated heterocycles. The number of hydrogen-bond donors (Lipinski definition) is 0. The number of unbranched alkanes of at least 4 members (excludes halogenated alkanes) is 4.